The molecule has 0 amide bonds. The Morgan fingerprint density at radius 1 is 1.11 bits per heavy atom. The number of anilines is 2. The van der Waals surface area contributed by atoms with Crippen LogP contribution in [-0.4, -0.2) is 11.1 Å². The van der Waals surface area contributed by atoms with Crippen molar-refractivity contribution >= 4 is 29.1 Å². The van der Waals surface area contributed by atoms with E-state index in [-0.39, 0.29) is 6.42 Å². The molecule has 0 aliphatic carbocycles. The summed E-state index contributed by atoms with van der Waals surface area (Å²) < 4.78 is 0. The largest absolute Gasteiger partial charge is 0.481 e. The van der Waals surface area contributed by atoms with Gasteiger partial charge in [-0.3, -0.25) is 4.79 Å². The van der Waals surface area contributed by atoms with E-state index in [1.54, 1.807) is 11.8 Å². The first-order valence-corrected chi connectivity index (χ1v) is 6.92. The van der Waals surface area contributed by atoms with Gasteiger partial charge in [-0.25, -0.2) is 0 Å². The predicted molar refractivity (Wildman–Crippen MR) is 76.2 cm³/mol. The molecule has 96 valence electrons. The number of para-hydroxylation sites is 1. The maximum atomic E-state index is 10.6. The van der Waals surface area contributed by atoms with Crippen LogP contribution >= 0.6 is 11.8 Å². The highest BCUT2D eigenvalue weighted by Gasteiger charge is 2.15. The van der Waals surface area contributed by atoms with Gasteiger partial charge in [-0.05, 0) is 36.2 Å². The van der Waals surface area contributed by atoms with Crippen molar-refractivity contribution < 1.29 is 9.90 Å². The minimum absolute atomic E-state index is 0.169. The zero-order valence-electron chi connectivity index (χ0n) is 10.2. The number of benzene rings is 2. The number of carboxylic acids is 1. The van der Waals surface area contributed by atoms with Crippen molar-refractivity contribution in [2.24, 2.45) is 0 Å². The molecule has 0 aromatic heterocycles. The van der Waals surface area contributed by atoms with Crippen LogP contribution in [0, 0.1) is 0 Å². The smallest absolute Gasteiger partial charge is 0.303 e. The zero-order chi connectivity index (χ0) is 13.2. The van der Waals surface area contributed by atoms with Crippen LogP contribution in [-0.2, 0) is 11.2 Å². The van der Waals surface area contributed by atoms with Crippen molar-refractivity contribution in [3.05, 3.63) is 48.0 Å². The van der Waals surface area contributed by atoms with Crippen molar-refractivity contribution in [3.63, 3.8) is 0 Å². The molecular weight excluding hydrogens is 258 g/mol. The molecule has 0 atom stereocenters. The molecule has 1 heterocycles. The quantitative estimate of drug-likeness (QED) is 0.758. The SMILES string of the molecule is O=C(O)CCc1ccc2c(c1)Nc1ccccc1S2. The molecule has 0 unspecified atom stereocenters. The number of nitrogens with one attached hydrogen (secondary N) is 1. The Kier molecular flexibility index (Phi) is 3.17. The lowest BCUT2D eigenvalue weighted by molar-refractivity contribution is -0.136. The van der Waals surface area contributed by atoms with E-state index in [9.17, 15) is 4.79 Å². The van der Waals surface area contributed by atoms with Crippen LogP contribution in [0.2, 0.25) is 0 Å². The number of carbonyl (C=O) groups is 1. The second-order valence-electron chi connectivity index (χ2n) is 4.45. The highest BCUT2D eigenvalue weighted by atomic mass is 32.2. The Morgan fingerprint density at radius 3 is 2.74 bits per heavy atom. The molecule has 19 heavy (non-hydrogen) atoms. The van der Waals surface area contributed by atoms with Crippen molar-refractivity contribution in [3.8, 4) is 0 Å². The van der Waals surface area contributed by atoms with Gasteiger partial charge in [-0.1, -0.05) is 30.0 Å². The van der Waals surface area contributed by atoms with E-state index in [1.165, 1.54) is 9.79 Å². The third kappa shape index (κ3) is 2.58. The van der Waals surface area contributed by atoms with Gasteiger partial charge in [0.1, 0.15) is 0 Å². The average molecular weight is 271 g/mol. The number of hydrogen-bond acceptors (Lipinski definition) is 3. The van der Waals surface area contributed by atoms with Crippen LogP contribution in [0.5, 0.6) is 0 Å². The molecule has 0 spiro atoms. The number of fused-ring (bicyclic) bond motifs is 2. The summed E-state index contributed by atoms with van der Waals surface area (Å²) in [5, 5.41) is 12.1. The first-order chi connectivity index (χ1) is 9.22. The molecular formula is C15H13NO2S. The summed E-state index contributed by atoms with van der Waals surface area (Å²) >= 11 is 1.74. The van der Waals surface area contributed by atoms with Crippen LogP contribution < -0.4 is 5.32 Å². The van der Waals surface area contributed by atoms with Crippen molar-refractivity contribution in [2.45, 2.75) is 22.6 Å². The summed E-state index contributed by atoms with van der Waals surface area (Å²) in [5.74, 6) is -0.759. The molecule has 3 nitrogen and oxygen atoms in total. The third-order valence-electron chi connectivity index (χ3n) is 3.05. The molecule has 1 aliphatic rings. The Labute approximate surface area is 115 Å². The van der Waals surface area contributed by atoms with E-state index in [0.717, 1.165) is 16.9 Å². The summed E-state index contributed by atoms with van der Waals surface area (Å²) in [6, 6.07) is 14.3. The van der Waals surface area contributed by atoms with E-state index in [1.807, 2.05) is 24.3 Å². The lowest BCUT2D eigenvalue weighted by Crippen LogP contribution is -2.02. The molecule has 0 saturated heterocycles. The highest BCUT2D eigenvalue weighted by molar-refractivity contribution is 7.99. The molecule has 0 bridgehead atoms. The van der Waals surface area contributed by atoms with Gasteiger partial charge < -0.3 is 10.4 Å². The van der Waals surface area contributed by atoms with E-state index in [0.29, 0.717) is 6.42 Å². The zero-order valence-corrected chi connectivity index (χ0v) is 11.0. The van der Waals surface area contributed by atoms with E-state index < -0.39 is 5.97 Å². The normalized spacial score (nSPS) is 12.2. The second kappa shape index (κ2) is 4.97. The van der Waals surface area contributed by atoms with Crippen molar-refractivity contribution in [1.29, 1.82) is 0 Å². The van der Waals surface area contributed by atoms with Gasteiger partial charge in [0.15, 0.2) is 0 Å². The molecule has 1 aliphatic heterocycles. The first kappa shape index (κ1) is 12.1. The number of rotatable bonds is 3. The molecule has 0 fully saturated rings. The highest BCUT2D eigenvalue weighted by Crippen LogP contribution is 2.44. The standard InChI is InChI=1S/C15H13NO2S/c17-15(18)8-6-10-5-7-14-12(9-10)16-11-3-1-2-4-13(11)19-14/h1-5,7,9,16H,6,8H2,(H,17,18). The van der Waals surface area contributed by atoms with Gasteiger partial charge in [0.25, 0.3) is 0 Å². The summed E-state index contributed by atoms with van der Waals surface area (Å²) in [6.45, 7) is 0. The Morgan fingerprint density at radius 2 is 1.89 bits per heavy atom. The fraction of sp³-hybridized carbons (Fsp3) is 0.133. The molecule has 0 radical (unpaired) electrons. The number of hydrogen-bond donors (Lipinski definition) is 2. The topological polar surface area (TPSA) is 49.3 Å². The molecule has 3 rings (SSSR count). The Hall–Kier alpha value is -1.94. The van der Waals surface area contributed by atoms with Crippen LogP contribution in [0.25, 0.3) is 0 Å². The van der Waals surface area contributed by atoms with Crippen LogP contribution in [0.15, 0.2) is 52.3 Å². The minimum atomic E-state index is -0.759. The molecule has 4 heteroatoms. The van der Waals surface area contributed by atoms with Crippen LogP contribution in [0.3, 0.4) is 0 Å². The lowest BCUT2D eigenvalue weighted by Gasteiger charge is -2.21. The molecule has 2 N–H and O–H groups in total. The van der Waals surface area contributed by atoms with Gasteiger partial charge in [0.05, 0.1) is 11.4 Å². The monoisotopic (exact) mass is 271 g/mol. The molecule has 0 saturated carbocycles. The summed E-state index contributed by atoms with van der Waals surface area (Å²) in [5.41, 5.74) is 3.22. The summed E-state index contributed by atoms with van der Waals surface area (Å²) in [4.78, 5) is 13.0. The van der Waals surface area contributed by atoms with Crippen molar-refractivity contribution in [1.82, 2.24) is 0 Å². The number of aryl methyl sites for hydroxylation is 1. The van der Waals surface area contributed by atoms with E-state index in [4.69, 9.17) is 5.11 Å². The first-order valence-electron chi connectivity index (χ1n) is 6.11. The second-order valence-corrected chi connectivity index (χ2v) is 5.53. The summed E-state index contributed by atoms with van der Waals surface area (Å²) in [7, 11) is 0. The van der Waals surface area contributed by atoms with Gasteiger partial charge in [0, 0.05) is 16.2 Å². The van der Waals surface area contributed by atoms with Crippen LogP contribution in [0.1, 0.15) is 12.0 Å². The van der Waals surface area contributed by atoms with E-state index in [2.05, 4.69) is 23.5 Å². The van der Waals surface area contributed by atoms with Crippen LogP contribution in [0.4, 0.5) is 11.4 Å². The lowest BCUT2D eigenvalue weighted by atomic mass is 10.1. The van der Waals surface area contributed by atoms with Crippen molar-refractivity contribution in [2.75, 3.05) is 5.32 Å². The fourth-order valence-electron chi connectivity index (χ4n) is 2.09. The van der Waals surface area contributed by atoms with Gasteiger partial charge in [-0.15, -0.1) is 0 Å². The Bertz CT molecular complexity index is 640. The maximum Gasteiger partial charge on any atom is 0.303 e. The predicted octanol–water partition coefficient (Wildman–Crippen LogP) is 3.91. The maximum absolute atomic E-state index is 10.6. The summed E-state index contributed by atoms with van der Waals surface area (Å²) in [6.07, 6.45) is 0.735. The number of aliphatic carboxylic acids is 1. The van der Waals surface area contributed by atoms with Gasteiger partial charge in [-0.2, -0.15) is 0 Å². The molecule has 2 aromatic rings. The number of carboxylic acid groups (broad SMARTS) is 1. The fourth-order valence-corrected chi connectivity index (χ4v) is 3.06. The Balaban J connectivity index is 1.85. The van der Waals surface area contributed by atoms with Gasteiger partial charge >= 0.3 is 5.97 Å². The average Bonchev–Trinajstić information content (AvgIpc) is 2.42. The third-order valence-corrected chi connectivity index (χ3v) is 4.20. The molecule has 2 aromatic carbocycles. The minimum Gasteiger partial charge on any atom is -0.481 e. The van der Waals surface area contributed by atoms with E-state index >= 15 is 0 Å². The van der Waals surface area contributed by atoms with Gasteiger partial charge in [0.2, 0.25) is 0 Å².